The minimum atomic E-state index is -0.452. The summed E-state index contributed by atoms with van der Waals surface area (Å²) in [5.74, 6) is 0.411. The highest BCUT2D eigenvalue weighted by Gasteiger charge is 2.13. The zero-order valence-corrected chi connectivity index (χ0v) is 15.5. The molecule has 0 aliphatic heterocycles. The Bertz CT molecular complexity index is 983. The third kappa shape index (κ3) is 4.94. The Morgan fingerprint density at radius 3 is 2.79 bits per heavy atom. The zero-order chi connectivity index (χ0) is 19.9. The number of rotatable bonds is 8. The SMILES string of the molecule is Cc1cccc(Cn2nccc2NC(=O)CCNc2ccccc2[N+](=O)[O-])c1. The Morgan fingerprint density at radius 1 is 1.18 bits per heavy atom. The average molecular weight is 379 g/mol. The Morgan fingerprint density at radius 2 is 2.00 bits per heavy atom. The molecule has 0 fully saturated rings. The second-order valence-electron chi connectivity index (χ2n) is 6.36. The van der Waals surface area contributed by atoms with Crippen LogP contribution in [-0.4, -0.2) is 27.2 Å². The molecule has 28 heavy (non-hydrogen) atoms. The maximum absolute atomic E-state index is 12.3. The molecule has 8 nitrogen and oxygen atoms in total. The lowest BCUT2D eigenvalue weighted by molar-refractivity contribution is -0.384. The minimum Gasteiger partial charge on any atom is -0.379 e. The third-order valence-electron chi connectivity index (χ3n) is 4.17. The fourth-order valence-electron chi connectivity index (χ4n) is 2.85. The third-order valence-corrected chi connectivity index (χ3v) is 4.17. The van der Waals surface area contributed by atoms with Crippen molar-refractivity contribution in [1.82, 2.24) is 9.78 Å². The Kier molecular flexibility index (Phi) is 6.01. The molecule has 0 radical (unpaired) electrons. The fourth-order valence-corrected chi connectivity index (χ4v) is 2.85. The van der Waals surface area contributed by atoms with Gasteiger partial charge in [0.2, 0.25) is 5.91 Å². The van der Waals surface area contributed by atoms with Gasteiger partial charge >= 0.3 is 0 Å². The number of nitro groups is 1. The van der Waals surface area contributed by atoms with Crippen molar-refractivity contribution in [2.75, 3.05) is 17.2 Å². The van der Waals surface area contributed by atoms with Crippen molar-refractivity contribution in [2.45, 2.75) is 19.9 Å². The molecule has 144 valence electrons. The summed E-state index contributed by atoms with van der Waals surface area (Å²) in [5, 5.41) is 21.1. The van der Waals surface area contributed by atoms with Gasteiger partial charge in [0.25, 0.3) is 5.69 Å². The van der Waals surface area contributed by atoms with Crippen molar-refractivity contribution in [3.63, 3.8) is 0 Å². The van der Waals surface area contributed by atoms with Crippen LogP contribution in [0.15, 0.2) is 60.8 Å². The molecule has 0 saturated heterocycles. The Hall–Kier alpha value is -3.68. The Labute approximate surface area is 162 Å². The monoisotopic (exact) mass is 379 g/mol. The lowest BCUT2D eigenvalue weighted by Gasteiger charge is -2.10. The highest BCUT2D eigenvalue weighted by Crippen LogP contribution is 2.23. The minimum absolute atomic E-state index is 0.0147. The van der Waals surface area contributed by atoms with E-state index in [1.54, 1.807) is 35.1 Å². The van der Waals surface area contributed by atoms with E-state index in [1.165, 1.54) is 6.07 Å². The van der Waals surface area contributed by atoms with Crippen LogP contribution in [-0.2, 0) is 11.3 Å². The van der Waals surface area contributed by atoms with E-state index in [1.807, 2.05) is 25.1 Å². The van der Waals surface area contributed by atoms with Gasteiger partial charge in [-0.25, -0.2) is 4.68 Å². The summed E-state index contributed by atoms with van der Waals surface area (Å²) in [5.41, 5.74) is 2.64. The van der Waals surface area contributed by atoms with Crippen LogP contribution in [0.3, 0.4) is 0 Å². The number of para-hydroxylation sites is 2. The van der Waals surface area contributed by atoms with Crippen LogP contribution in [0.5, 0.6) is 0 Å². The normalized spacial score (nSPS) is 10.5. The number of aryl methyl sites for hydroxylation is 1. The lowest BCUT2D eigenvalue weighted by atomic mass is 10.1. The molecule has 0 unspecified atom stereocenters. The molecule has 0 atom stereocenters. The summed E-state index contributed by atoms with van der Waals surface area (Å²) in [6, 6.07) is 16.2. The first kappa shape index (κ1) is 19.1. The summed E-state index contributed by atoms with van der Waals surface area (Å²) >= 11 is 0. The van der Waals surface area contributed by atoms with E-state index in [4.69, 9.17) is 0 Å². The molecular weight excluding hydrogens is 358 g/mol. The molecule has 8 heteroatoms. The van der Waals surface area contributed by atoms with Crippen molar-refractivity contribution in [3.8, 4) is 0 Å². The van der Waals surface area contributed by atoms with E-state index >= 15 is 0 Å². The summed E-state index contributed by atoms with van der Waals surface area (Å²) < 4.78 is 1.72. The topological polar surface area (TPSA) is 102 Å². The molecule has 3 rings (SSSR count). The maximum Gasteiger partial charge on any atom is 0.292 e. The molecule has 1 amide bonds. The second-order valence-corrected chi connectivity index (χ2v) is 6.36. The van der Waals surface area contributed by atoms with E-state index in [2.05, 4.69) is 21.8 Å². The largest absolute Gasteiger partial charge is 0.379 e. The quantitative estimate of drug-likeness (QED) is 0.460. The highest BCUT2D eigenvalue weighted by atomic mass is 16.6. The molecule has 3 aromatic rings. The molecule has 1 heterocycles. The molecule has 0 bridgehead atoms. The first-order valence-corrected chi connectivity index (χ1v) is 8.87. The van der Waals surface area contributed by atoms with Crippen LogP contribution in [0, 0.1) is 17.0 Å². The standard InChI is InChI=1S/C20H21N5O3/c1-15-5-4-6-16(13-15)14-24-19(9-12-22-24)23-20(26)10-11-21-17-7-2-3-8-18(17)25(27)28/h2-9,12-13,21H,10-11,14H2,1H3,(H,23,26). The second kappa shape index (κ2) is 8.81. The molecule has 2 N–H and O–H groups in total. The van der Waals surface area contributed by atoms with Crippen molar-refractivity contribution in [2.24, 2.45) is 0 Å². The zero-order valence-electron chi connectivity index (χ0n) is 15.5. The van der Waals surface area contributed by atoms with Crippen molar-refractivity contribution >= 4 is 23.1 Å². The smallest absolute Gasteiger partial charge is 0.292 e. The van der Waals surface area contributed by atoms with Gasteiger partial charge in [-0.3, -0.25) is 14.9 Å². The average Bonchev–Trinajstić information content (AvgIpc) is 3.08. The number of anilines is 2. The summed E-state index contributed by atoms with van der Waals surface area (Å²) in [7, 11) is 0. The number of hydrogen-bond acceptors (Lipinski definition) is 5. The molecule has 0 saturated carbocycles. The van der Waals surface area contributed by atoms with Gasteiger partial charge in [-0.1, -0.05) is 42.0 Å². The number of aromatic nitrogens is 2. The van der Waals surface area contributed by atoms with Gasteiger partial charge in [-0.05, 0) is 18.6 Å². The van der Waals surface area contributed by atoms with Crippen LogP contribution in [0.25, 0.3) is 0 Å². The number of nitrogens with one attached hydrogen (secondary N) is 2. The Balaban J connectivity index is 1.55. The van der Waals surface area contributed by atoms with Crippen LogP contribution < -0.4 is 10.6 Å². The summed E-state index contributed by atoms with van der Waals surface area (Å²) in [6.45, 7) is 2.86. The number of amides is 1. The number of nitrogens with zero attached hydrogens (tertiary/aromatic N) is 3. The highest BCUT2D eigenvalue weighted by molar-refractivity contribution is 5.90. The maximum atomic E-state index is 12.3. The first-order chi connectivity index (χ1) is 13.5. The molecule has 1 aromatic heterocycles. The predicted octanol–water partition coefficient (Wildman–Crippen LogP) is 3.59. The predicted molar refractivity (Wildman–Crippen MR) is 107 cm³/mol. The van der Waals surface area contributed by atoms with Gasteiger partial charge < -0.3 is 10.6 Å². The van der Waals surface area contributed by atoms with Gasteiger partial charge in [0.1, 0.15) is 11.5 Å². The molecule has 0 aliphatic carbocycles. The molecule has 2 aromatic carbocycles. The molecular formula is C20H21N5O3. The van der Waals surface area contributed by atoms with Crippen LogP contribution in [0.1, 0.15) is 17.5 Å². The number of carbonyl (C=O) groups excluding carboxylic acids is 1. The molecule has 0 aliphatic rings. The summed E-state index contributed by atoms with van der Waals surface area (Å²) in [4.78, 5) is 22.8. The molecule has 0 spiro atoms. The number of benzene rings is 2. The van der Waals surface area contributed by atoms with Gasteiger partial charge in [0, 0.05) is 25.1 Å². The van der Waals surface area contributed by atoms with E-state index in [0.717, 1.165) is 11.1 Å². The number of nitro benzene ring substituents is 1. The number of carbonyl (C=O) groups is 1. The van der Waals surface area contributed by atoms with Crippen LogP contribution >= 0.6 is 0 Å². The number of hydrogen-bond donors (Lipinski definition) is 2. The summed E-state index contributed by atoms with van der Waals surface area (Å²) in [6.07, 6.45) is 1.80. The lowest BCUT2D eigenvalue weighted by Crippen LogP contribution is -2.19. The van der Waals surface area contributed by atoms with Crippen LogP contribution in [0.4, 0.5) is 17.2 Å². The van der Waals surface area contributed by atoms with Gasteiger partial charge in [0.15, 0.2) is 0 Å². The van der Waals surface area contributed by atoms with Gasteiger partial charge in [0.05, 0.1) is 17.7 Å². The van der Waals surface area contributed by atoms with Gasteiger partial charge in [-0.15, -0.1) is 0 Å². The van der Waals surface area contributed by atoms with E-state index in [-0.39, 0.29) is 24.6 Å². The van der Waals surface area contributed by atoms with Crippen molar-refractivity contribution < 1.29 is 9.72 Å². The fraction of sp³-hybridized carbons (Fsp3) is 0.200. The van der Waals surface area contributed by atoms with E-state index < -0.39 is 4.92 Å². The van der Waals surface area contributed by atoms with Crippen LogP contribution in [0.2, 0.25) is 0 Å². The van der Waals surface area contributed by atoms with E-state index in [0.29, 0.717) is 18.1 Å². The van der Waals surface area contributed by atoms with Gasteiger partial charge in [-0.2, -0.15) is 5.10 Å². The first-order valence-electron chi connectivity index (χ1n) is 8.87. The van der Waals surface area contributed by atoms with Crippen molar-refractivity contribution in [3.05, 3.63) is 82.0 Å². The van der Waals surface area contributed by atoms with Crippen molar-refractivity contribution in [1.29, 1.82) is 0 Å². The van der Waals surface area contributed by atoms with E-state index in [9.17, 15) is 14.9 Å².